The van der Waals surface area contributed by atoms with Gasteiger partial charge in [-0.15, -0.1) is 0 Å². The van der Waals surface area contributed by atoms with E-state index in [9.17, 15) is 4.79 Å². The molecule has 0 unspecified atom stereocenters. The lowest BCUT2D eigenvalue weighted by Crippen LogP contribution is -2.54. The molecule has 0 radical (unpaired) electrons. The van der Waals surface area contributed by atoms with Gasteiger partial charge in [0.05, 0.1) is 11.6 Å². The van der Waals surface area contributed by atoms with Crippen LogP contribution in [-0.2, 0) is 17.9 Å². The molecule has 7 nitrogen and oxygen atoms in total. The third kappa shape index (κ3) is 7.56. The summed E-state index contributed by atoms with van der Waals surface area (Å²) in [4.78, 5) is 26.6. The van der Waals surface area contributed by atoms with Crippen molar-refractivity contribution in [1.29, 1.82) is 0 Å². The Labute approximate surface area is 233 Å². The SMILES string of the molecule is CN(Cc1ccc(OCCN2CCN(C(=O)[C@@H]3CCCCCN3C)CC2)cc1)Cc1ccc2ncccc2c1. The molecule has 0 aliphatic carbocycles. The van der Waals surface area contributed by atoms with Crippen LogP contribution in [0.25, 0.3) is 10.9 Å². The lowest BCUT2D eigenvalue weighted by Gasteiger charge is -2.37. The molecule has 5 rings (SSSR count). The maximum absolute atomic E-state index is 13.1. The van der Waals surface area contributed by atoms with Gasteiger partial charge in [0.25, 0.3) is 0 Å². The van der Waals surface area contributed by atoms with Gasteiger partial charge < -0.3 is 9.64 Å². The molecule has 2 fully saturated rings. The molecule has 7 heteroatoms. The van der Waals surface area contributed by atoms with Crippen molar-refractivity contribution in [2.24, 2.45) is 0 Å². The highest BCUT2D eigenvalue weighted by molar-refractivity contribution is 5.82. The number of carbonyl (C=O) groups is 1. The van der Waals surface area contributed by atoms with Gasteiger partial charge >= 0.3 is 0 Å². The zero-order valence-corrected chi connectivity index (χ0v) is 23.6. The molecule has 39 heavy (non-hydrogen) atoms. The van der Waals surface area contributed by atoms with Gasteiger partial charge in [-0.3, -0.25) is 24.5 Å². The maximum atomic E-state index is 13.1. The molecule has 2 aliphatic rings. The second-order valence-corrected chi connectivity index (χ2v) is 11.2. The van der Waals surface area contributed by atoms with Crippen molar-refractivity contribution in [3.63, 3.8) is 0 Å². The summed E-state index contributed by atoms with van der Waals surface area (Å²) in [6.45, 7) is 7.84. The monoisotopic (exact) mass is 529 g/mol. The molecular weight excluding hydrogens is 486 g/mol. The molecule has 0 saturated carbocycles. The first-order valence-electron chi connectivity index (χ1n) is 14.5. The molecule has 0 spiro atoms. The number of benzene rings is 2. The zero-order chi connectivity index (χ0) is 27.0. The predicted molar refractivity (Wildman–Crippen MR) is 157 cm³/mol. The normalized spacial score (nSPS) is 19.4. The number of rotatable bonds is 9. The summed E-state index contributed by atoms with van der Waals surface area (Å²) in [7, 11) is 4.26. The summed E-state index contributed by atoms with van der Waals surface area (Å²) < 4.78 is 6.05. The molecule has 0 N–H and O–H groups in total. The third-order valence-electron chi connectivity index (χ3n) is 8.16. The first-order valence-corrected chi connectivity index (χ1v) is 14.5. The summed E-state index contributed by atoms with van der Waals surface area (Å²) in [6.07, 6.45) is 6.45. The van der Waals surface area contributed by atoms with Crippen molar-refractivity contribution in [1.82, 2.24) is 24.6 Å². The second kappa shape index (κ2) is 13.4. The van der Waals surface area contributed by atoms with E-state index in [0.717, 1.165) is 70.0 Å². The first-order chi connectivity index (χ1) is 19.0. The molecule has 1 atom stereocenters. The number of ether oxygens (including phenoxy) is 1. The Morgan fingerprint density at radius 2 is 1.72 bits per heavy atom. The molecule has 2 aliphatic heterocycles. The smallest absolute Gasteiger partial charge is 0.240 e. The summed E-state index contributed by atoms with van der Waals surface area (Å²) in [5, 5.41) is 1.18. The number of likely N-dealkylation sites (N-methyl/N-ethyl adjacent to an activating group) is 1. The fourth-order valence-electron chi connectivity index (χ4n) is 5.85. The number of aromatic nitrogens is 1. The van der Waals surface area contributed by atoms with Crippen molar-refractivity contribution in [3.8, 4) is 5.75 Å². The van der Waals surface area contributed by atoms with E-state index < -0.39 is 0 Å². The Morgan fingerprint density at radius 3 is 2.54 bits per heavy atom. The van der Waals surface area contributed by atoms with Gasteiger partial charge in [0.2, 0.25) is 5.91 Å². The number of hydrogen-bond donors (Lipinski definition) is 0. The highest BCUT2D eigenvalue weighted by Crippen LogP contribution is 2.19. The van der Waals surface area contributed by atoms with Crippen LogP contribution >= 0.6 is 0 Å². The van der Waals surface area contributed by atoms with Crippen LogP contribution in [0.2, 0.25) is 0 Å². The van der Waals surface area contributed by atoms with Gasteiger partial charge in [-0.05, 0) is 74.9 Å². The molecule has 208 valence electrons. The van der Waals surface area contributed by atoms with E-state index in [-0.39, 0.29) is 6.04 Å². The zero-order valence-electron chi connectivity index (χ0n) is 23.6. The number of carbonyl (C=O) groups excluding carboxylic acids is 1. The summed E-state index contributed by atoms with van der Waals surface area (Å²) in [5.41, 5.74) is 3.60. The van der Waals surface area contributed by atoms with Gasteiger partial charge in [-0.2, -0.15) is 0 Å². The number of likely N-dealkylation sites (tertiary alicyclic amines) is 1. The Morgan fingerprint density at radius 1 is 0.949 bits per heavy atom. The van der Waals surface area contributed by atoms with Crippen LogP contribution in [0, 0.1) is 0 Å². The third-order valence-corrected chi connectivity index (χ3v) is 8.16. The van der Waals surface area contributed by atoms with Crippen molar-refractivity contribution in [2.75, 3.05) is 60.0 Å². The quantitative estimate of drug-likeness (QED) is 0.413. The van der Waals surface area contributed by atoms with Crippen LogP contribution in [0.3, 0.4) is 0 Å². The van der Waals surface area contributed by atoms with E-state index in [1.54, 1.807) is 0 Å². The molecule has 3 aromatic rings. The number of nitrogens with zero attached hydrogens (tertiary/aromatic N) is 5. The van der Waals surface area contributed by atoms with E-state index >= 15 is 0 Å². The number of fused-ring (bicyclic) bond motifs is 1. The Hall–Kier alpha value is -3.00. The van der Waals surface area contributed by atoms with Crippen LogP contribution in [0.15, 0.2) is 60.8 Å². The number of amides is 1. The summed E-state index contributed by atoms with van der Waals surface area (Å²) in [5.74, 6) is 1.24. The summed E-state index contributed by atoms with van der Waals surface area (Å²) >= 11 is 0. The van der Waals surface area contributed by atoms with Crippen LogP contribution in [0.5, 0.6) is 5.75 Å². The fourth-order valence-corrected chi connectivity index (χ4v) is 5.85. The number of hydrogen-bond acceptors (Lipinski definition) is 6. The van der Waals surface area contributed by atoms with E-state index in [0.29, 0.717) is 12.5 Å². The average molecular weight is 530 g/mol. The maximum Gasteiger partial charge on any atom is 0.240 e. The molecule has 1 aromatic heterocycles. The van der Waals surface area contributed by atoms with Crippen LogP contribution < -0.4 is 4.74 Å². The van der Waals surface area contributed by atoms with Gasteiger partial charge in [0.15, 0.2) is 0 Å². The lowest BCUT2D eigenvalue weighted by molar-refractivity contribution is -0.138. The van der Waals surface area contributed by atoms with E-state index in [2.05, 4.69) is 87.2 Å². The molecule has 0 bridgehead atoms. The van der Waals surface area contributed by atoms with Gasteiger partial charge in [0.1, 0.15) is 12.4 Å². The predicted octanol–water partition coefficient (Wildman–Crippen LogP) is 4.26. The average Bonchev–Trinajstić information content (AvgIpc) is 3.18. The molecule has 2 aromatic carbocycles. The van der Waals surface area contributed by atoms with Gasteiger partial charge in [-0.1, -0.05) is 37.1 Å². The van der Waals surface area contributed by atoms with Crippen molar-refractivity contribution >= 4 is 16.8 Å². The molecular formula is C32H43N5O2. The molecule has 3 heterocycles. The standard InChI is InChI=1S/C32H43N5O2/c1-34(25-27-11-14-30-28(23-27)7-6-15-33-30)24-26-9-12-29(13-10-26)39-22-21-36-17-19-37(20-18-36)32(38)31-8-4-3-5-16-35(31)2/h6-7,9-15,23,31H,3-5,8,16-22,24-25H2,1-2H3/t31-/m0/s1. The first kappa shape index (κ1) is 27.6. The molecule has 2 saturated heterocycles. The fraction of sp³-hybridized carbons (Fsp3) is 0.500. The largest absolute Gasteiger partial charge is 0.492 e. The van der Waals surface area contributed by atoms with Gasteiger partial charge in [0, 0.05) is 57.4 Å². The number of piperazine rings is 1. The topological polar surface area (TPSA) is 52.2 Å². The Bertz CT molecular complexity index is 1210. The lowest BCUT2D eigenvalue weighted by atomic mass is 10.1. The highest BCUT2D eigenvalue weighted by atomic mass is 16.5. The van der Waals surface area contributed by atoms with E-state index in [1.807, 2.05) is 12.3 Å². The Kier molecular flexibility index (Phi) is 9.45. The minimum absolute atomic E-state index is 0.0707. The van der Waals surface area contributed by atoms with Crippen LogP contribution in [-0.4, -0.2) is 96.5 Å². The van der Waals surface area contributed by atoms with E-state index in [4.69, 9.17) is 4.74 Å². The molecule has 1 amide bonds. The Balaban J connectivity index is 1.01. The summed E-state index contributed by atoms with van der Waals surface area (Å²) in [6, 6.07) is 19.1. The van der Waals surface area contributed by atoms with Crippen LogP contribution in [0.4, 0.5) is 0 Å². The van der Waals surface area contributed by atoms with Crippen molar-refractivity contribution in [3.05, 3.63) is 71.9 Å². The van der Waals surface area contributed by atoms with Crippen LogP contribution in [0.1, 0.15) is 36.8 Å². The minimum Gasteiger partial charge on any atom is -0.492 e. The minimum atomic E-state index is 0.0707. The highest BCUT2D eigenvalue weighted by Gasteiger charge is 2.30. The van der Waals surface area contributed by atoms with Crippen molar-refractivity contribution in [2.45, 2.75) is 44.8 Å². The van der Waals surface area contributed by atoms with Crippen molar-refractivity contribution < 1.29 is 9.53 Å². The van der Waals surface area contributed by atoms with Gasteiger partial charge in [-0.25, -0.2) is 0 Å². The second-order valence-electron chi connectivity index (χ2n) is 11.2. The van der Waals surface area contributed by atoms with E-state index in [1.165, 1.54) is 35.8 Å². The number of pyridine rings is 1.